The lowest BCUT2D eigenvalue weighted by Gasteiger charge is -1.95. The van der Waals surface area contributed by atoms with Crippen molar-refractivity contribution in [2.45, 2.75) is 13.5 Å². The number of aryl methyl sites for hydroxylation is 1. The average molecular weight is 240 g/mol. The van der Waals surface area contributed by atoms with Crippen LogP contribution in [0.2, 0.25) is 5.02 Å². The third-order valence-corrected chi connectivity index (χ3v) is 3.53. The summed E-state index contributed by atoms with van der Waals surface area (Å²) in [5.41, 5.74) is 1.88. The Labute approximate surface area is 97.2 Å². The maximum atomic E-state index is 9.08. The number of aliphatic hydroxyl groups excluding tert-OH is 1. The lowest BCUT2D eigenvalue weighted by Crippen LogP contribution is -1.80. The van der Waals surface area contributed by atoms with Crippen molar-refractivity contribution in [1.82, 2.24) is 4.98 Å². The largest absolute Gasteiger partial charge is 0.391 e. The van der Waals surface area contributed by atoms with Gasteiger partial charge >= 0.3 is 0 Å². The topological polar surface area (TPSA) is 33.1 Å². The Bertz CT molecular complexity index is 481. The highest BCUT2D eigenvalue weighted by Crippen LogP contribution is 2.29. The van der Waals surface area contributed by atoms with Crippen molar-refractivity contribution in [3.8, 4) is 10.6 Å². The van der Waals surface area contributed by atoms with Crippen molar-refractivity contribution in [1.29, 1.82) is 0 Å². The molecular weight excluding hydrogens is 230 g/mol. The molecule has 0 saturated carbocycles. The second-order valence-corrected chi connectivity index (χ2v) is 4.72. The molecular formula is C11H10ClNOS. The predicted molar refractivity (Wildman–Crippen MR) is 63.2 cm³/mol. The van der Waals surface area contributed by atoms with Crippen molar-refractivity contribution < 1.29 is 5.11 Å². The molecule has 0 amide bonds. The van der Waals surface area contributed by atoms with Crippen LogP contribution < -0.4 is 0 Å². The fourth-order valence-electron chi connectivity index (χ4n) is 1.32. The number of thiazole rings is 1. The van der Waals surface area contributed by atoms with Crippen LogP contribution in [0.1, 0.15) is 10.6 Å². The summed E-state index contributed by atoms with van der Waals surface area (Å²) in [6.07, 6.45) is 0. The first kappa shape index (κ1) is 10.6. The number of aliphatic hydroxyl groups is 1. The molecule has 1 aromatic heterocycles. The summed E-state index contributed by atoms with van der Waals surface area (Å²) in [5.74, 6) is 0. The van der Waals surface area contributed by atoms with Crippen molar-refractivity contribution in [3.05, 3.63) is 39.9 Å². The molecule has 0 unspecified atom stereocenters. The zero-order valence-corrected chi connectivity index (χ0v) is 9.77. The van der Waals surface area contributed by atoms with Gasteiger partial charge in [0, 0.05) is 10.6 Å². The first-order valence-electron chi connectivity index (χ1n) is 4.54. The SMILES string of the molecule is Cc1nc(-c2cccc(Cl)c2)sc1CO. The van der Waals surface area contributed by atoms with Crippen LogP contribution >= 0.6 is 22.9 Å². The summed E-state index contributed by atoms with van der Waals surface area (Å²) in [5, 5.41) is 10.7. The summed E-state index contributed by atoms with van der Waals surface area (Å²) >= 11 is 7.40. The summed E-state index contributed by atoms with van der Waals surface area (Å²) in [6, 6.07) is 7.57. The number of hydrogen-bond acceptors (Lipinski definition) is 3. The third-order valence-electron chi connectivity index (χ3n) is 2.11. The van der Waals surface area contributed by atoms with Crippen LogP contribution in [0.5, 0.6) is 0 Å². The van der Waals surface area contributed by atoms with Crippen LogP contribution in [0.15, 0.2) is 24.3 Å². The molecule has 0 aliphatic heterocycles. The number of halogens is 1. The van der Waals surface area contributed by atoms with E-state index < -0.39 is 0 Å². The Balaban J connectivity index is 2.45. The van der Waals surface area contributed by atoms with Gasteiger partial charge in [0.25, 0.3) is 0 Å². The van der Waals surface area contributed by atoms with Gasteiger partial charge in [-0.25, -0.2) is 4.98 Å². The molecule has 4 heteroatoms. The Hall–Kier alpha value is -0.900. The number of benzene rings is 1. The zero-order chi connectivity index (χ0) is 10.8. The molecule has 0 radical (unpaired) electrons. The Morgan fingerprint density at radius 2 is 2.27 bits per heavy atom. The average Bonchev–Trinajstić information content (AvgIpc) is 2.60. The number of aromatic nitrogens is 1. The Morgan fingerprint density at radius 3 is 2.87 bits per heavy atom. The van der Waals surface area contributed by atoms with Crippen molar-refractivity contribution in [2.75, 3.05) is 0 Å². The molecule has 15 heavy (non-hydrogen) atoms. The molecule has 0 fully saturated rings. The van der Waals surface area contributed by atoms with E-state index in [2.05, 4.69) is 4.98 Å². The molecule has 0 aliphatic rings. The normalized spacial score (nSPS) is 10.6. The molecule has 2 aromatic rings. The van der Waals surface area contributed by atoms with E-state index in [9.17, 15) is 0 Å². The van der Waals surface area contributed by atoms with Gasteiger partial charge in [-0.1, -0.05) is 23.7 Å². The molecule has 0 atom stereocenters. The molecule has 0 saturated heterocycles. The van der Waals surface area contributed by atoms with Gasteiger partial charge in [-0.3, -0.25) is 0 Å². The van der Waals surface area contributed by atoms with Crippen molar-refractivity contribution in [2.24, 2.45) is 0 Å². The second kappa shape index (κ2) is 4.31. The van der Waals surface area contributed by atoms with Crippen LogP contribution in [-0.4, -0.2) is 10.1 Å². The number of hydrogen-bond donors (Lipinski definition) is 1. The van der Waals surface area contributed by atoms with E-state index in [1.165, 1.54) is 11.3 Å². The van der Waals surface area contributed by atoms with E-state index in [0.29, 0.717) is 5.02 Å². The highest BCUT2D eigenvalue weighted by molar-refractivity contribution is 7.15. The van der Waals surface area contributed by atoms with Crippen LogP contribution in [0, 0.1) is 6.92 Å². The molecule has 78 valence electrons. The summed E-state index contributed by atoms with van der Waals surface area (Å²) in [7, 11) is 0. The van der Waals surface area contributed by atoms with Gasteiger partial charge in [0.05, 0.1) is 17.2 Å². The fraction of sp³-hybridized carbons (Fsp3) is 0.182. The quantitative estimate of drug-likeness (QED) is 0.873. The summed E-state index contributed by atoms with van der Waals surface area (Å²) < 4.78 is 0. The van der Waals surface area contributed by atoms with Gasteiger partial charge in [-0.15, -0.1) is 11.3 Å². The van der Waals surface area contributed by atoms with E-state index in [0.717, 1.165) is 21.1 Å². The Kier molecular flexibility index (Phi) is 3.05. The monoisotopic (exact) mass is 239 g/mol. The van der Waals surface area contributed by atoms with Gasteiger partial charge in [-0.2, -0.15) is 0 Å². The second-order valence-electron chi connectivity index (χ2n) is 3.20. The molecule has 0 spiro atoms. The smallest absolute Gasteiger partial charge is 0.123 e. The molecule has 1 N–H and O–H groups in total. The molecule has 2 nitrogen and oxygen atoms in total. The first-order chi connectivity index (χ1) is 7.20. The van der Waals surface area contributed by atoms with Crippen molar-refractivity contribution >= 4 is 22.9 Å². The lowest BCUT2D eigenvalue weighted by molar-refractivity contribution is 0.284. The van der Waals surface area contributed by atoms with E-state index >= 15 is 0 Å². The van der Waals surface area contributed by atoms with Gasteiger partial charge in [0.15, 0.2) is 0 Å². The van der Waals surface area contributed by atoms with Crippen LogP contribution in [-0.2, 0) is 6.61 Å². The molecule has 0 bridgehead atoms. The first-order valence-corrected chi connectivity index (χ1v) is 5.73. The zero-order valence-electron chi connectivity index (χ0n) is 8.20. The maximum Gasteiger partial charge on any atom is 0.123 e. The van der Waals surface area contributed by atoms with Gasteiger partial charge in [0.2, 0.25) is 0 Å². The Morgan fingerprint density at radius 1 is 1.47 bits per heavy atom. The van der Waals surface area contributed by atoms with Crippen molar-refractivity contribution in [3.63, 3.8) is 0 Å². The number of nitrogens with zero attached hydrogens (tertiary/aromatic N) is 1. The van der Waals surface area contributed by atoms with Crippen LogP contribution in [0.25, 0.3) is 10.6 Å². The summed E-state index contributed by atoms with van der Waals surface area (Å²) in [6.45, 7) is 1.94. The minimum atomic E-state index is 0.0457. The number of rotatable bonds is 2. The van der Waals surface area contributed by atoms with E-state index in [1.54, 1.807) is 0 Å². The highest BCUT2D eigenvalue weighted by atomic mass is 35.5. The van der Waals surface area contributed by atoms with Crippen LogP contribution in [0.4, 0.5) is 0 Å². The maximum absolute atomic E-state index is 9.08. The minimum absolute atomic E-state index is 0.0457. The van der Waals surface area contributed by atoms with E-state index in [-0.39, 0.29) is 6.61 Å². The third kappa shape index (κ3) is 2.20. The standard InChI is InChI=1S/C11H10ClNOS/c1-7-10(6-14)15-11(13-7)8-3-2-4-9(12)5-8/h2-5,14H,6H2,1H3. The minimum Gasteiger partial charge on any atom is -0.391 e. The van der Waals surface area contributed by atoms with Gasteiger partial charge in [-0.05, 0) is 19.1 Å². The summed E-state index contributed by atoms with van der Waals surface area (Å²) in [4.78, 5) is 5.30. The molecule has 1 heterocycles. The van der Waals surface area contributed by atoms with E-state index in [4.69, 9.17) is 16.7 Å². The van der Waals surface area contributed by atoms with Gasteiger partial charge in [0.1, 0.15) is 5.01 Å². The fourth-order valence-corrected chi connectivity index (χ4v) is 2.43. The highest BCUT2D eigenvalue weighted by Gasteiger charge is 2.08. The molecule has 2 rings (SSSR count). The molecule has 1 aromatic carbocycles. The van der Waals surface area contributed by atoms with Gasteiger partial charge < -0.3 is 5.11 Å². The lowest BCUT2D eigenvalue weighted by atomic mass is 10.2. The molecule has 0 aliphatic carbocycles. The predicted octanol–water partition coefficient (Wildman–Crippen LogP) is 3.26. The van der Waals surface area contributed by atoms with E-state index in [1.807, 2.05) is 31.2 Å². The van der Waals surface area contributed by atoms with Crippen LogP contribution in [0.3, 0.4) is 0 Å².